The molecule has 0 aromatic heterocycles. The quantitative estimate of drug-likeness (QED) is 0.637. The Morgan fingerprint density at radius 1 is 1.25 bits per heavy atom. The van der Waals surface area contributed by atoms with Crippen LogP contribution in [0.1, 0.15) is 46.5 Å². The number of hydrogen-bond donors (Lipinski definition) is 0. The van der Waals surface area contributed by atoms with Gasteiger partial charge in [0.15, 0.2) is 0 Å². The first-order valence-corrected chi connectivity index (χ1v) is 6.66. The van der Waals surface area contributed by atoms with E-state index in [1.807, 2.05) is 0 Å². The Kier molecular flexibility index (Phi) is 2.01. The van der Waals surface area contributed by atoms with Crippen molar-refractivity contribution in [1.82, 2.24) is 0 Å². The molecule has 2 bridgehead atoms. The SMILES string of the molecule is CC(C)C12CCC(C)(CC1)C1COC(=O)C12. The smallest absolute Gasteiger partial charge is 0.309 e. The van der Waals surface area contributed by atoms with Crippen molar-refractivity contribution in [3.05, 3.63) is 0 Å². The molecule has 1 heterocycles. The normalized spacial score (nSPS) is 50.6. The highest BCUT2D eigenvalue weighted by Gasteiger charge is 2.64. The average Bonchev–Trinajstić information content (AvgIpc) is 2.64. The van der Waals surface area contributed by atoms with E-state index in [1.54, 1.807) is 0 Å². The highest BCUT2D eigenvalue weighted by Crippen LogP contribution is 2.66. The van der Waals surface area contributed by atoms with Gasteiger partial charge in [-0.1, -0.05) is 20.8 Å². The van der Waals surface area contributed by atoms with Crippen molar-refractivity contribution in [3.63, 3.8) is 0 Å². The Morgan fingerprint density at radius 3 is 2.44 bits per heavy atom. The molecule has 2 unspecified atom stereocenters. The molecule has 0 N–H and O–H groups in total. The molecule has 0 radical (unpaired) electrons. The summed E-state index contributed by atoms with van der Waals surface area (Å²) in [5, 5.41) is 0. The Hall–Kier alpha value is -0.530. The van der Waals surface area contributed by atoms with Crippen LogP contribution < -0.4 is 0 Å². The summed E-state index contributed by atoms with van der Waals surface area (Å²) in [5.41, 5.74) is 0.642. The number of ether oxygens (including phenoxy) is 1. The summed E-state index contributed by atoms with van der Waals surface area (Å²) in [6.45, 7) is 7.64. The first-order chi connectivity index (χ1) is 7.50. The molecule has 16 heavy (non-hydrogen) atoms. The van der Waals surface area contributed by atoms with Crippen LogP contribution in [0.3, 0.4) is 0 Å². The average molecular weight is 222 g/mol. The molecule has 3 saturated carbocycles. The third-order valence-corrected chi connectivity index (χ3v) is 6.05. The van der Waals surface area contributed by atoms with Crippen LogP contribution in [-0.2, 0) is 9.53 Å². The number of hydrogen-bond acceptors (Lipinski definition) is 2. The molecule has 4 aliphatic rings. The standard InChI is InChI=1S/C14H22O2/c1-9(2)14-6-4-13(3,5-7-14)10-8-16-12(15)11(10)14/h9-11H,4-8H2,1-3H3. The van der Waals surface area contributed by atoms with Crippen LogP contribution in [0, 0.1) is 28.6 Å². The lowest BCUT2D eigenvalue weighted by Gasteiger charge is -2.59. The summed E-state index contributed by atoms with van der Waals surface area (Å²) in [7, 11) is 0. The number of fused-ring (bicyclic) bond motifs is 2. The fourth-order valence-corrected chi connectivity index (χ4v) is 4.67. The van der Waals surface area contributed by atoms with Crippen LogP contribution in [0.5, 0.6) is 0 Å². The summed E-state index contributed by atoms with van der Waals surface area (Å²) in [5.74, 6) is 1.42. The third-order valence-electron chi connectivity index (χ3n) is 6.05. The van der Waals surface area contributed by atoms with Crippen LogP contribution in [0.2, 0.25) is 0 Å². The Bertz CT molecular complexity index is 324. The van der Waals surface area contributed by atoms with Crippen molar-refractivity contribution >= 4 is 5.97 Å². The zero-order valence-electron chi connectivity index (χ0n) is 10.6. The Morgan fingerprint density at radius 2 is 1.88 bits per heavy atom. The van der Waals surface area contributed by atoms with Gasteiger partial charge in [-0.15, -0.1) is 0 Å². The van der Waals surface area contributed by atoms with Gasteiger partial charge >= 0.3 is 5.97 Å². The second-order valence-corrected chi connectivity index (χ2v) is 6.76. The molecule has 0 aromatic carbocycles. The van der Waals surface area contributed by atoms with E-state index in [4.69, 9.17) is 4.74 Å². The molecule has 2 nitrogen and oxygen atoms in total. The predicted molar refractivity (Wildman–Crippen MR) is 61.8 cm³/mol. The number of rotatable bonds is 1. The summed E-state index contributed by atoms with van der Waals surface area (Å²) in [6, 6.07) is 0. The lowest BCUT2D eigenvalue weighted by Crippen LogP contribution is -2.55. The maximum atomic E-state index is 12.0. The van der Waals surface area contributed by atoms with Crippen molar-refractivity contribution in [2.24, 2.45) is 28.6 Å². The molecule has 0 spiro atoms. The monoisotopic (exact) mass is 222 g/mol. The van der Waals surface area contributed by atoms with E-state index in [9.17, 15) is 4.79 Å². The van der Waals surface area contributed by atoms with Gasteiger partial charge in [0.2, 0.25) is 0 Å². The first-order valence-electron chi connectivity index (χ1n) is 6.66. The summed E-state index contributed by atoms with van der Waals surface area (Å²) in [4.78, 5) is 12.0. The van der Waals surface area contributed by atoms with Crippen LogP contribution in [-0.4, -0.2) is 12.6 Å². The molecule has 0 amide bonds. The van der Waals surface area contributed by atoms with Gasteiger partial charge in [-0.25, -0.2) is 0 Å². The first kappa shape index (κ1) is 10.6. The minimum atomic E-state index is 0.101. The molecular formula is C14H22O2. The highest BCUT2D eigenvalue weighted by atomic mass is 16.5. The number of carbonyl (C=O) groups is 1. The molecule has 90 valence electrons. The van der Waals surface area contributed by atoms with Crippen LogP contribution in [0.15, 0.2) is 0 Å². The van der Waals surface area contributed by atoms with E-state index in [1.165, 1.54) is 25.7 Å². The minimum absolute atomic E-state index is 0.101. The van der Waals surface area contributed by atoms with Crippen molar-refractivity contribution in [2.75, 3.05) is 6.61 Å². The van der Waals surface area contributed by atoms with E-state index in [0.717, 1.165) is 0 Å². The highest BCUT2D eigenvalue weighted by molar-refractivity contribution is 5.76. The molecule has 2 heteroatoms. The van der Waals surface area contributed by atoms with Gasteiger partial charge in [-0.05, 0) is 42.4 Å². The largest absolute Gasteiger partial charge is 0.465 e. The molecule has 1 saturated heterocycles. The maximum Gasteiger partial charge on any atom is 0.309 e. The van der Waals surface area contributed by atoms with Crippen LogP contribution >= 0.6 is 0 Å². The second kappa shape index (κ2) is 3.02. The minimum Gasteiger partial charge on any atom is -0.465 e. The van der Waals surface area contributed by atoms with Gasteiger partial charge in [0.1, 0.15) is 0 Å². The second-order valence-electron chi connectivity index (χ2n) is 6.76. The van der Waals surface area contributed by atoms with E-state index in [0.29, 0.717) is 23.9 Å². The molecule has 0 aromatic rings. The molecule has 3 aliphatic carbocycles. The summed E-state index contributed by atoms with van der Waals surface area (Å²) >= 11 is 0. The summed E-state index contributed by atoms with van der Waals surface area (Å²) in [6.07, 6.45) is 5.06. The topological polar surface area (TPSA) is 26.3 Å². The van der Waals surface area contributed by atoms with Gasteiger partial charge in [0.25, 0.3) is 0 Å². The fourth-order valence-electron chi connectivity index (χ4n) is 4.67. The lowest BCUT2D eigenvalue weighted by molar-refractivity contribution is -0.157. The van der Waals surface area contributed by atoms with Crippen molar-refractivity contribution < 1.29 is 9.53 Å². The van der Waals surface area contributed by atoms with Gasteiger partial charge < -0.3 is 4.74 Å². The predicted octanol–water partition coefficient (Wildman–Crippen LogP) is 3.01. The van der Waals surface area contributed by atoms with Crippen molar-refractivity contribution in [1.29, 1.82) is 0 Å². The number of carbonyl (C=O) groups excluding carboxylic acids is 1. The molecular weight excluding hydrogens is 200 g/mol. The Labute approximate surface area is 97.7 Å². The number of cyclic esters (lactones) is 1. The maximum absolute atomic E-state index is 12.0. The van der Waals surface area contributed by atoms with E-state index >= 15 is 0 Å². The zero-order chi connectivity index (χ0) is 11.6. The lowest BCUT2D eigenvalue weighted by atomic mass is 9.43. The molecule has 4 rings (SSSR count). The number of esters is 1. The Balaban J connectivity index is 2.06. The van der Waals surface area contributed by atoms with Crippen LogP contribution in [0.4, 0.5) is 0 Å². The molecule has 1 aliphatic heterocycles. The van der Waals surface area contributed by atoms with Crippen LogP contribution in [0.25, 0.3) is 0 Å². The van der Waals surface area contributed by atoms with E-state index in [-0.39, 0.29) is 17.3 Å². The van der Waals surface area contributed by atoms with Gasteiger partial charge in [-0.2, -0.15) is 0 Å². The fraction of sp³-hybridized carbons (Fsp3) is 0.929. The van der Waals surface area contributed by atoms with Gasteiger partial charge in [0.05, 0.1) is 12.5 Å². The van der Waals surface area contributed by atoms with E-state index in [2.05, 4.69) is 20.8 Å². The van der Waals surface area contributed by atoms with Crippen molar-refractivity contribution in [2.45, 2.75) is 46.5 Å². The van der Waals surface area contributed by atoms with Crippen molar-refractivity contribution in [3.8, 4) is 0 Å². The zero-order valence-corrected chi connectivity index (χ0v) is 10.6. The van der Waals surface area contributed by atoms with Gasteiger partial charge in [0, 0.05) is 5.92 Å². The molecule has 4 fully saturated rings. The third kappa shape index (κ3) is 1.06. The van der Waals surface area contributed by atoms with Gasteiger partial charge in [-0.3, -0.25) is 4.79 Å². The summed E-state index contributed by atoms with van der Waals surface area (Å²) < 4.78 is 5.38. The molecule has 2 atom stereocenters. The van der Waals surface area contributed by atoms with E-state index < -0.39 is 0 Å².